The highest BCUT2D eigenvalue weighted by Crippen LogP contribution is 2.26. The molecule has 1 heterocycles. The number of hydrogen-bond donors (Lipinski definition) is 1. The zero-order valence-corrected chi connectivity index (χ0v) is 10.2. The number of nitrogens with zero attached hydrogens (tertiary/aromatic N) is 2. The van der Waals surface area contributed by atoms with Crippen LogP contribution in [0.2, 0.25) is 0 Å². The zero-order valence-electron chi connectivity index (χ0n) is 10.2. The Labute approximate surface area is 92.1 Å². The Bertz CT molecular complexity index is 316. The maximum Gasteiger partial charge on any atom is 0.213 e. The summed E-state index contributed by atoms with van der Waals surface area (Å²) >= 11 is 0. The molecule has 0 aliphatic heterocycles. The lowest BCUT2D eigenvalue weighted by molar-refractivity contribution is 0.373. The standard InChI is InChI=1S/C12H22N2O/c1-5-7-8-11-10(6-2)12(15)14(13-11)9(3)4/h9,15H,5-8H2,1-4H3. The lowest BCUT2D eigenvalue weighted by atomic mass is 10.1. The maximum absolute atomic E-state index is 9.98. The molecular formula is C12H22N2O. The molecule has 15 heavy (non-hydrogen) atoms. The number of aromatic nitrogens is 2. The van der Waals surface area contributed by atoms with Crippen LogP contribution in [0, 0.1) is 0 Å². The van der Waals surface area contributed by atoms with Gasteiger partial charge in [-0.25, -0.2) is 4.68 Å². The molecule has 3 nitrogen and oxygen atoms in total. The Morgan fingerprint density at radius 3 is 2.47 bits per heavy atom. The van der Waals surface area contributed by atoms with Crippen LogP contribution < -0.4 is 0 Å². The number of aryl methyl sites for hydroxylation is 1. The topological polar surface area (TPSA) is 38.0 Å². The smallest absolute Gasteiger partial charge is 0.213 e. The van der Waals surface area contributed by atoms with Crippen molar-refractivity contribution >= 4 is 0 Å². The molecule has 0 saturated carbocycles. The number of unbranched alkanes of at least 4 members (excludes halogenated alkanes) is 1. The van der Waals surface area contributed by atoms with Crippen LogP contribution in [0.3, 0.4) is 0 Å². The van der Waals surface area contributed by atoms with E-state index < -0.39 is 0 Å². The fourth-order valence-corrected chi connectivity index (χ4v) is 1.77. The van der Waals surface area contributed by atoms with Crippen molar-refractivity contribution < 1.29 is 5.11 Å². The summed E-state index contributed by atoms with van der Waals surface area (Å²) in [5.74, 6) is 0.360. The molecule has 0 aliphatic carbocycles. The molecule has 1 aromatic heterocycles. The van der Waals surface area contributed by atoms with E-state index in [1.165, 1.54) is 6.42 Å². The first-order chi connectivity index (χ1) is 7.11. The minimum Gasteiger partial charge on any atom is -0.493 e. The van der Waals surface area contributed by atoms with Gasteiger partial charge in [0.15, 0.2) is 0 Å². The van der Waals surface area contributed by atoms with Gasteiger partial charge in [-0.05, 0) is 33.1 Å². The van der Waals surface area contributed by atoms with Crippen molar-refractivity contribution in [2.75, 3.05) is 0 Å². The summed E-state index contributed by atoms with van der Waals surface area (Å²) in [4.78, 5) is 0. The first-order valence-electron chi connectivity index (χ1n) is 5.91. The molecule has 3 heteroatoms. The van der Waals surface area contributed by atoms with E-state index in [9.17, 15) is 5.11 Å². The summed E-state index contributed by atoms with van der Waals surface area (Å²) in [6.07, 6.45) is 4.14. The molecule has 0 unspecified atom stereocenters. The van der Waals surface area contributed by atoms with E-state index in [4.69, 9.17) is 0 Å². The van der Waals surface area contributed by atoms with Gasteiger partial charge >= 0.3 is 0 Å². The fourth-order valence-electron chi connectivity index (χ4n) is 1.77. The highest BCUT2D eigenvalue weighted by Gasteiger charge is 2.16. The molecule has 0 atom stereocenters. The molecule has 0 amide bonds. The third-order valence-corrected chi connectivity index (χ3v) is 2.67. The second kappa shape index (κ2) is 5.19. The normalized spacial score (nSPS) is 11.3. The van der Waals surface area contributed by atoms with Crippen molar-refractivity contribution in [3.8, 4) is 5.88 Å². The van der Waals surface area contributed by atoms with E-state index in [0.29, 0.717) is 5.88 Å². The van der Waals surface area contributed by atoms with E-state index >= 15 is 0 Å². The maximum atomic E-state index is 9.98. The van der Waals surface area contributed by atoms with E-state index in [1.54, 1.807) is 4.68 Å². The summed E-state index contributed by atoms with van der Waals surface area (Å²) in [6.45, 7) is 8.31. The summed E-state index contributed by atoms with van der Waals surface area (Å²) < 4.78 is 1.73. The average molecular weight is 210 g/mol. The van der Waals surface area contributed by atoms with Gasteiger partial charge in [0, 0.05) is 5.56 Å². The van der Waals surface area contributed by atoms with E-state index in [1.807, 2.05) is 13.8 Å². The first-order valence-corrected chi connectivity index (χ1v) is 5.91. The highest BCUT2D eigenvalue weighted by atomic mass is 16.3. The quantitative estimate of drug-likeness (QED) is 0.811. The Morgan fingerprint density at radius 1 is 1.33 bits per heavy atom. The van der Waals surface area contributed by atoms with Crippen LogP contribution in [0.4, 0.5) is 0 Å². The molecule has 1 rings (SSSR count). The van der Waals surface area contributed by atoms with Crippen molar-refractivity contribution in [2.24, 2.45) is 0 Å². The summed E-state index contributed by atoms with van der Waals surface area (Å²) in [7, 11) is 0. The van der Waals surface area contributed by atoms with E-state index in [2.05, 4.69) is 18.9 Å². The van der Waals surface area contributed by atoms with Crippen molar-refractivity contribution in [3.63, 3.8) is 0 Å². The van der Waals surface area contributed by atoms with E-state index in [0.717, 1.165) is 30.5 Å². The third-order valence-electron chi connectivity index (χ3n) is 2.67. The van der Waals surface area contributed by atoms with Crippen LogP contribution in [-0.4, -0.2) is 14.9 Å². The number of hydrogen-bond acceptors (Lipinski definition) is 2. The van der Waals surface area contributed by atoms with Crippen LogP contribution >= 0.6 is 0 Å². The lowest BCUT2D eigenvalue weighted by Gasteiger charge is -2.06. The number of rotatable bonds is 5. The van der Waals surface area contributed by atoms with Gasteiger partial charge in [-0.3, -0.25) is 0 Å². The lowest BCUT2D eigenvalue weighted by Crippen LogP contribution is -2.02. The van der Waals surface area contributed by atoms with Crippen molar-refractivity contribution in [3.05, 3.63) is 11.3 Å². The summed E-state index contributed by atoms with van der Waals surface area (Å²) in [6, 6.07) is 0.227. The zero-order chi connectivity index (χ0) is 11.4. The third kappa shape index (κ3) is 2.52. The van der Waals surface area contributed by atoms with Crippen LogP contribution in [0.5, 0.6) is 5.88 Å². The average Bonchev–Trinajstić information content (AvgIpc) is 2.52. The highest BCUT2D eigenvalue weighted by molar-refractivity contribution is 5.31. The minimum atomic E-state index is 0.227. The van der Waals surface area contributed by atoms with Gasteiger partial charge in [0.2, 0.25) is 5.88 Å². The molecule has 0 fully saturated rings. The Hall–Kier alpha value is -0.990. The van der Waals surface area contributed by atoms with Gasteiger partial charge in [0.05, 0.1) is 11.7 Å². The van der Waals surface area contributed by atoms with Crippen molar-refractivity contribution in [1.82, 2.24) is 9.78 Å². The Morgan fingerprint density at radius 2 is 2.00 bits per heavy atom. The van der Waals surface area contributed by atoms with Gasteiger partial charge in [-0.15, -0.1) is 0 Å². The number of aromatic hydroxyl groups is 1. The van der Waals surface area contributed by atoms with Gasteiger partial charge in [-0.2, -0.15) is 5.10 Å². The van der Waals surface area contributed by atoms with Crippen LogP contribution in [0.15, 0.2) is 0 Å². The minimum absolute atomic E-state index is 0.227. The monoisotopic (exact) mass is 210 g/mol. The molecular weight excluding hydrogens is 188 g/mol. The summed E-state index contributed by atoms with van der Waals surface area (Å²) in [5.41, 5.74) is 2.10. The van der Waals surface area contributed by atoms with Gasteiger partial charge < -0.3 is 5.11 Å². The molecule has 0 radical (unpaired) electrons. The first kappa shape index (κ1) is 12.1. The predicted octanol–water partition coefficient (Wildman–Crippen LogP) is 3.07. The van der Waals surface area contributed by atoms with Gasteiger partial charge in [-0.1, -0.05) is 20.3 Å². The van der Waals surface area contributed by atoms with Crippen LogP contribution in [-0.2, 0) is 12.8 Å². The molecule has 0 aliphatic rings. The summed E-state index contributed by atoms with van der Waals surface area (Å²) in [5, 5.41) is 14.5. The van der Waals surface area contributed by atoms with Gasteiger partial charge in [0.25, 0.3) is 0 Å². The SMILES string of the molecule is CCCCc1nn(C(C)C)c(O)c1CC. The van der Waals surface area contributed by atoms with Crippen molar-refractivity contribution in [1.29, 1.82) is 0 Å². The molecule has 0 spiro atoms. The molecule has 0 saturated heterocycles. The molecule has 1 aromatic rings. The Kier molecular flexibility index (Phi) is 4.18. The largest absolute Gasteiger partial charge is 0.493 e. The fraction of sp³-hybridized carbons (Fsp3) is 0.750. The Balaban J connectivity index is 2.99. The van der Waals surface area contributed by atoms with Crippen LogP contribution in [0.1, 0.15) is 57.8 Å². The molecule has 0 aromatic carbocycles. The second-order valence-corrected chi connectivity index (χ2v) is 4.24. The predicted molar refractivity (Wildman–Crippen MR) is 62.3 cm³/mol. The molecule has 86 valence electrons. The second-order valence-electron chi connectivity index (χ2n) is 4.24. The van der Waals surface area contributed by atoms with E-state index in [-0.39, 0.29) is 6.04 Å². The van der Waals surface area contributed by atoms with Crippen LogP contribution in [0.25, 0.3) is 0 Å². The van der Waals surface area contributed by atoms with Crippen molar-refractivity contribution in [2.45, 2.75) is 59.4 Å². The molecule has 0 bridgehead atoms. The van der Waals surface area contributed by atoms with Gasteiger partial charge in [0.1, 0.15) is 0 Å². The molecule has 1 N–H and O–H groups in total.